The number of carboxylic acid groups (broad SMARTS) is 2. The third-order valence-corrected chi connectivity index (χ3v) is 29.5. The first-order valence-electron chi connectivity index (χ1n) is 44.5. The van der Waals surface area contributed by atoms with Crippen LogP contribution in [-0.2, 0) is 63.2 Å². The number of rotatable bonds is 20. The van der Waals surface area contributed by atoms with Gasteiger partial charge in [-0.25, -0.2) is 35.6 Å². The van der Waals surface area contributed by atoms with Crippen molar-refractivity contribution in [2.24, 2.45) is 0 Å². The van der Waals surface area contributed by atoms with Crippen LogP contribution in [0.3, 0.4) is 0 Å². The molecule has 716 valence electrons. The number of nitrogens with one attached hydrogen (secondary N) is 2. The lowest BCUT2D eigenvalue weighted by Gasteiger charge is -2.42. The Morgan fingerprint density at radius 2 is 0.771 bits per heavy atom. The number of hydrogen-bond donors (Lipinski definition) is 6. The van der Waals surface area contributed by atoms with E-state index in [0.717, 1.165) is 22.3 Å². The molecule has 10 aromatic rings. The lowest BCUT2D eigenvalue weighted by atomic mass is 9.83. The summed E-state index contributed by atoms with van der Waals surface area (Å²) in [6, 6.07) is 51.4. The van der Waals surface area contributed by atoms with Gasteiger partial charge in [0, 0.05) is 168 Å². The van der Waals surface area contributed by atoms with Crippen molar-refractivity contribution >= 4 is 132 Å². The minimum atomic E-state index is -4.80. The summed E-state index contributed by atoms with van der Waals surface area (Å²) in [5.41, 5.74) is 7.40. The highest BCUT2D eigenvalue weighted by Crippen LogP contribution is 2.50. The molecule has 0 saturated heterocycles. The van der Waals surface area contributed by atoms with Crippen molar-refractivity contribution in [2.45, 2.75) is 103 Å². The van der Waals surface area contributed by atoms with Crippen molar-refractivity contribution in [2.75, 3.05) is 83.9 Å². The summed E-state index contributed by atoms with van der Waals surface area (Å²) in [7, 11) is -11.4. The van der Waals surface area contributed by atoms with E-state index in [1.165, 1.54) is 36.4 Å². The zero-order chi connectivity index (χ0) is 100. The molecular weight excluding hydrogens is 1870 g/mol. The average molecular weight is 1960 g/mol. The molecule has 0 atom stereocenters. The van der Waals surface area contributed by atoms with Gasteiger partial charge in [0.15, 0.2) is 11.1 Å². The number of benzene rings is 10. The fourth-order valence-electron chi connectivity index (χ4n) is 19.2. The summed E-state index contributed by atoms with van der Waals surface area (Å²) in [4.78, 5) is 89.8. The highest BCUT2D eigenvalue weighted by molar-refractivity contribution is 7.87. The fraction of sp³-hybridized carbons (Fsp3) is 0.245. The van der Waals surface area contributed by atoms with Crippen LogP contribution in [0, 0.1) is 23.7 Å². The molecule has 18 rings (SSSR count). The van der Waals surface area contributed by atoms with Crippen LogP contribution in [0.5, 0.6) is 23.0 Å². The predicted octanol–water partition coefficient (Wildman–Crippen LogP) is 10.3. The average Bonchev–Trinajstić information content (AvgIpc) is 0.715. The molecule has 6 N–H and O–H groups in total. The van der Waals surface area contributed by atoms with E-state index < -0.39 is 109 Å². The first kappa shape index (κ1) is 96.9. The summed E-state index contributed by atoms with van der Waals surface area (Å²) >= 11 is 0. The van der Waals surface area contributed by atoms with Gasteiger partial charge in [0.05, 0.1) is 102 Å². The Labute approximate surface area is 808 Å². The lowest BCUT2D eigenvalue weighted by Crippen LogP contribution is -2.47. The van der Waals surface area contributed by atoms with Gasteiger partial charge in [0.25, 0.3) is 32.1 Å². The van der Waals surface area contributed by atoms with Gasteiger partial charge < -0.3 is 59.0 Å². The van der Waals surface area contributed by atoms with Gasteiger partial charge in [-0.15, -0.1) is 0 Å². The third-order valence-electron chi connectivity index (χ3n) is 26.8. The first-order chi connectivity index (χ1) is 65.8. The van der Waals surface area contributed by atoms with Crippen LogP contribution in [0.2, 0.25) is 0 Å². The molecule has 30 nitrogen and oxygen atoms in total. The molecule has 8 aliphatic rings. The second kappa shape index (κ2) is 35.9. The second-order valence-electron chi connectivity index (χ2n) is 37.8. The topological polar surface area (TPSA) is 428 Å². The molecule has 140 heavy (non-hydrogen) atoms. The van der Waals surface area contributed by atoms with E-state index in [1.807, 2.05) is 200 Å². The summed E-state index contributed by atoms with van der Waals surface area (Å²) in [6.07, 6.45) is 6.66. The normalized spacial score (nSPS) is 16.2. The van der Waals surface area contributed by atoms with E-state index in [0.29, 0.717) is 77.6 Å². The third kappa shape index (κ3) is 19.3. The van der Waals surface area contributed by atoms with E-state index in [4.69, 9.17) is 9.47 Å². The highest BCUT2D eigenvalue weighted by Gasteiger charge is 2.42. The molecular formula is C106H96N8O22S4. The Kier molecular flexibility index (Phi) is 24.9. The number of carbonyl (C=O) groups excluding carboxylic acids is 4. The lowest BCUT2D eigenvalue weighted by molar-refractivity contribution is -0.119. The van der Waals surface area contributed by atoms with E-state index in [2.05, 4.69) is 34.3 Å². The molecule has 0 aromatic heterocycles. The summed E-state index contributed by atoms with van der Waals surface area (Å²) in [5, 5.41) is 29.1. The van der Waals surface area contributed by atoms with Crippen molar-refractivity contribution in [3.8, 4) is 46.7 Å². The molecule has 8 aliphatic heterocycles. The molecule has 0 saturated carbocycles. The number of carboxylic acids is 2. The van der Waals surface area contributed by atoms with Gasteiger partial charge >= 0.3 is 11.9 Å². The predicted molar refractivity (Wildman–Crippen MR) is 530 cm³/mol. The largest absolute Gasteiger partial charge is 0.748 e. The molecule has 8 heterocycles. The van der Waals surface area contributed by atoms with Crippen LogP contribution in [0.4, 0.5) is 22.7 Å². The molecule has 34 heteroatoms. The zero-order valence-corrected chi connectivity index (χ0v) is 81.4. The minimum Gasteiger partial charge on any atom is -0.748 e. The van der Waals surface area contributed by atoms with Crippen molar-refractivity contribution in [3.05, 3.63) is 328 Å². The first-order valence-corrected chi connectivity index (χ1v) is 50.9. The number of nitrogens with zero attached hydrogens (tertiary/aromatic N) is 6. The second-order valence-corrected chi connectivity index (χ2v) is 43.5. The standard InChI is InChI=1S/2C53H48N4O11S2/c1-52(2)26-35(29-69(62,63)64)38-22-41-46(24-44(38)55(52)5)68-47-25-45-39(36(30-70(65,66)67)27-53(3,4)56(45)6)23-42(47)49(41)40-21-33(17-18-37(40)51(60)61)50(59)54-20-19-48(58)57-28-34-13-8-7-11-31(34)15-16-32-12-9-10-14-43(32)57;1-52(2)26-35(29-69(62,63)64)38-22-41-46(24-44(38)55(52)5)68-47-25-45-39(36(30-70(65,66)67)27-53(3,4)56(45)6)23-42(47)49(41)37-18-17-33(21-40(37)51(60)61)50(59)54-20-19-48(58)57-28-34-13-8-7-11-31(34)15-16-32-12-9-10-14-43(32)57/h2*7-14,17-18,21-27H,19-20,28-30H2,1-6H3,(H3-,54,59,60,61,62,63,64,65,66,67). The van der Waals surface area contributed by atoms with E-state index in [1.54, 1.807) is 82.6 Å². The van der Waals surface area contributed by atoms with Crippen molar-refractivity contribution in [1.82, 2.24) is 19.8 Å². The van der Waals surface area contributed by atoms with Gasteiger partial charge in [0.1, 0.15) is 48.6 Å². The number of anilines is 4. The van der Waals surface area contributed by atoms with Crippen LogP contribution < -0.4 is 70.0 Å². The number of ether oxygens (including phenoxy) is 2. The number of likely N-dealkylation sites (N-methyl/N-ethyl adjacent to an activating group) is 4. The summed E-state index contributed by atoms with van der Waals surface area (Å²) in [6.45, 7) is 15.3. The molecule has 10 aromatic carbocycles. The van der Waals surface area contributed by atoms with Crippen LogP contribution in [-0.4, -0.2) is 184 Å². The van der Waals surface area contributed by atoms with Gasteiger partial charge in [-0.1, -0.05) is 103 Å². The summed E-state index contributed by atoms with van der Waals surface area (Å²) < 4.78 is 161. The molecule has 0 radical (unpaired) electrons. The van der Waals surface area contributed by atoms with E-state index in [-0.39, 0.29) is 151 Å². The van der Waals surface area contributed by atoms with Crippen LogP contribution in [0.1, 0.15) is 188 Å². The Morgan fingerprint density at radius 1 is 0.400 bits per heavy atom. The maximum atomic E-state index is 14.2. The van der Waals surface area contributed by atoms with Crippen molar-refractivity contribution in [3.63, 3.8) is 0 Å². The van der Waals surface area contributed by atoms with Crippen LogP contribution in [0.15, 0.2) is 206 Å². The Morgan fingerprint density at radius 3 is 1.18 bits per heavy atom. The maximum Gasteiger partial charge on any atom is 0.336 e. The van der Waals surface area contributed by atoms with Gasteiger partial charge in [-0.2, -0.15) is 16.8 Å². The van der Waals surface area contributed by atoms with Gasteiger partial charge in [-0.05, 0) is 175 Å². The van der Waals surface area contributed by atoms with Crippen LogP contribution >= 0.6 is 0 Å². The zero-order valence-electron chi connectivity index (χ0n) is 78.2. The number of amides is 4. The Hall–Kier alpha value is -14.7. The van der Waals surface area contributed by atoms with Gasteiger partial charge in [-0.3, -0.25) is 28.3 Å². The molecule has 0 aliphatic carbocycles. The maximum absolute atomic E-state index is 14.2. The summed E-state index contributed by atoms with van der Waals surface area (Å²) in [5.74, 6) is 6.10. The minimum absolute atomic E-state index is 0.0182. The molecule has 0 fully saturated rings. The smallest absolute Gasteiger partial charge is 0.336 e. The number of aromatic carboxylic acids is 2. The Balaban J connectivity index is 0.000000193. The molecule has 0 unspecified atom stereocenters. The number of fused-ring (bicyclic) bond motifs is 12. The fourth-order valence-corrected chi connectivity index (χ4v) is 21.7. The monoisotopic (exact) mass is 1960 g/mol. The Bertz CT molecular complexity index is 8270. The van der Waals surface area contributed by atoms with Crippen molar-refractivity contribution in [1.29, 1.82) is 0 Å². The molecule has 4 amide bonds. The number of carbonyl (C=O) groups is 6. The highest BCUT2D eigenvalue weighted by atomic mass is 32.2. The molecule has 0 spiro atoms. The van der Waals surface area contributed by atoms with E-state index in [9.17, 15) is 90.9 Å². The molecule has 0 bridgehead atoms. The van der Waals surface area contributed by atoms with Crippen LogP contribution in [0.25, 0.3) is 33.4 Å². The van der Waals surface area contributed by atoms with Crippen molar-refractivity contribution < 1.29 is 100 Å². The number of hydrogen-bond acceptors (Lipinski definition) is 20. The van der Waals surface area contributed by atoms with Gasteiger partial charge in [0.2, 0.25) is 22.5 Å². The number of para-hydroxylation sites is 2. The SMILES string of the molecule is CN1c2cc3c(cc2C(CS(=O)(=O)[O-])=CC1(C)C)C(c1cc(C(=O)NCCC(=O)N2Cc4ccccc4C#Cc4ccccc42)ccc1C(=O)O)=c1cc2c(cc1O3)=[N+](C)C(C)(C)C=C2CS(=O)(=O)O.CN1c2cc3c(cc2C(CS(=O)(=O)[O-])=CC1(C)C)C(c1ccc(C(=O)NCCC(=O)N2Cc4ccccc4C#Cc4ccccc42)cc1C(=O)O)=c1cc2c(cc1O3)=[N+](C)C(C)(C)C=C2CS(=O)(=O)O. The quantitative estimate of drug-likeness (QED) is 0.0234. The van der Waals surface area contributed by atoms with E-state index >= 15 is 0 Å².